The van der Waals surface area contributed by atoms with Crippen LogP contribution in [0.25, 0.3) is 0 Å². The van der Waals surface area contributed by atoms with E-state index in [2.05, 4.69) is 5.32 Å². The standard InChI is InChI=1S/C15H11N3O5/c19-15(10-3-7-12(8-4-10)18(22)23)14-13(16-14)9-1-5-11(6-2-9)17(20)21/h1-8,13-14,16H. The normalized spacial score (nSPS) is 19.1. The Morgan fingerprint density at radius 2 is 1.35 bits per heavy atom. The Morgan fingerprint density at radius 3 is 1.83 bits per heavy atom. The highest BCUT2D eigenvalue weighted by Gasteiger charge is 2.43. The van der Waals surface area contributed by atoms with E-state index in [0.717, 1.165) is 5.56 Å². The van der Waals surface area contributed by atoms with Gasteiger partial charge in [-0.15, -0.1) is 0 Å². The van der Waals surface area contributed by atoms with Crippen LogP contribution in [0.1, 0.15) is 22.0 Å². The van der Waals surface area contributed by atoms with E-state index in [1.165, 1.54) is 36.4 Å². The first-order chi connectivity index (χ1) is 11.0. The molecule has 1 heterocycles. The first kappa shape index (κ1) is 14.8. The van der Waals surface area contributed by atoms with Crippen LogP contribution in [0.5, 0.6) is 0 Å². The zero-order chi connectivity index (χ0) is 16.6. The molecule has 2 aromatic carbocycles. The summed E-state index contributed by atoms with van der Waals surface area (Å²) in [6.07, 6.45) is 0. The van der Waals surface area contributed by atoms with E-state index in [1.807, 2.05) is 0 Å². The van der Waals surface area contributed by atoms with Gasteiger partial charge in [-0.3, -0.25) is 30.3 Å². The highest BCUT2D eigenvalue weighted by Crippen LogP contribution is 2.33. The number of carbonyl (C=O) groups is 1. The van der Waals surface area contributed by atoms with Crippen LogP contribution in [0.3, 0.4) is 0 Å². The lowest BCUT2D eigenvalue weighted by Gasteiger charge is -2.00. The molecule has 2 atom stereocenters. The largest absolute Gasteiger partial charge is 0.297 e. The van der Waals surface area contributed by atoms with E-state index in [-0.39, 0.29) is 23.2 Å². The molecule has 0 radical (unpaired) electrons. The van der Waals surface area contributed by atoms with Gasteiger partial charge in [-0.25, -0.2) is 0 Å². The van der Waals surface area contributed by atoms with Crippen molar-refractivity contribution in [3.8, 4) is 0 Å². The Labute approximate surface area is 130 Å². The minimum atomic E-state index is -0.524. The van der Waals surface area contributed by atoms with Crippen molar-refractivity contribution in [3.63, 3.8) is 0 Å². The van der Waals surface area contributed by atoms with Crippen LogP contribution in [0.15, 0.2) is 48.5 Å². The lowest BCUT2D eigenvalue weighted by Crippen LogP contribution is -2.10. The molecule has 8 heteroatoms. The van der Waals surface area contributed by atoms with Gasteiger partial charge in [0.15, 0.2) is 5.78 Å². The second-order valence-corrected chi connectivity index (χ2v) is 5.14. The number of hydrogen-bond donors (Lipinski definition) is 1. The molecule has 1 aliphatic heterocycles. The molecule has 0 spiro atoms. The van der Waals surface area contributed by atoms with Crippen LogP contribution in [0.2, 0.25) is 0 Å². The average Bonchev–Trinajstić information content (AvgIpc) is 3.35. The molecule has 1 aliphatic rings. The fourth-order valence-electron chi connectivity index (χ4n) is 2.38. The third kappa shape index (κ3) is 2.92. The number of ketones is 1. The van der Waals surface area contributed by atoms with Crippen LogP contribution < -0.4 is 5.32 Å². The molecule has 2 unspecified atom stereocenters. The molecule has 0 amide bonds. The fourth-order valence-corrected chi connectivity index (χ4v) is 2.38. The van der Waals surface area contributed by atoms with Gasteiger partial charge in [0.05, 0.1) is 21.9 Å². The van der Waals surface area contributed by atoms with Gasteiger partial charge < -0.3 is 0 Å². The van der Waals surface area contributed by atoms with Crippen LogP contribution >= 0.6 is 0 Å². The molecule has 1 N–H and O–H groups in total. The van der Waals surface area contributed by atoms with Crippen LogP contribution in [0, 0.1) is 20.2 Å². The van der Waals surface area contributed by atoms with Crippen molar-refractivity contribution in [2.75, 3.05) is 0 Å². The van der Waals surface area contributed by atoms with E-state index in [0.29, 0.717) is 5.56 Å². The van der Waals surface area contributed by atoms with Gasteiger partial charge in [0.25, 0.3) is 11.4 Å². The number of carbonyl (C=O) groups excluding carboxylic acids is 1. The van der Waals surface area contributed by atoms with E-state index in [1.54, 1.807) is 12.1 Å². The predicted octanol–water partition coefficient (Wildman–Crippen LogP) is 2.40. The maximum absolute atomic E-state index is 12.3. The number of nitrogens with zero attached hydrogens (tertiary/aromatic N) is 2. The van der Waals surface area contributed by atoms with Crippen molar-refractivity contribution in [2.45, 2.75) is 12.1 Å². The lowest BCUT2D eigenvalue weighted by molar-refractivity contribution is -0.385. The summed E-state index contributed by atoms with van der Waals surface area (Å²) in [6, 6.07) is 10.8. The van der Waals surface area contributed by atoms with Gasteiger partial charge in [0.2, 0.25) is 0 Å². The molecular weight excluding hydrogens is 302 g/mol. The summed E-state index contributed by atoms with van der Waals surface area (Å²) in [5.41, 5.74) is 1.10. The fraction of sp³-hybridized carbons (Fsp3) is 0.133. The van der Waals surface area contributed by atoms with E-state index >= 15 is 0 Å². The van der Waals surface area contributed by atoms with Crippen molar-refractivity contribution in [3.05, 3.63) is 79.9 Å². The average molecular weight is 313 g/mol. The van der Waals surface area contributed by atoms with Crippen molar-refractivity contribution >= 4 is 17.2 Å². The maximum atomic E-state index is 12.3. The minimum absolute atomic E-state index is 0.00681. The highest BCUT2D eigenvalue weighted by atomic mass is 16.6. The van der Waals surface area contributed by atoms with E-state index in [4.69, 9.17) is 0 Å². The summed E-state index contributed by atoms with van der Waals surface area (Å²) in [6.45, 7) is 0. The molecule has 23 heavy (non-hydrogen) atoms. The Bertz CT molecular complexity index is 786. The monoisotopic (exact) mass is 313 g/mol. The quantitative estimate of drug-likeness (QED) is 0.391. The number of benzene rings is 2. The minimum Gasteiger partial charge on any atom is -0.297 e. The number of hydrogen-bond acceptors (Lipinski definition) is 6. The van der Waals surface area contributed by atoms with Gasteiger partial charge in [0.1, 0.15) is 0 Å². The first-order valence-electron chi connectivity index (χ1n) is 6.76. The van der Waals surface area contributed by atoms with Crippen LogP contribution in [-0.4, -0.2) is 21.7 Å². The SMILES string of the molecule is O=C(c1ccc([N+](=O)[O-])cc1)C1NC1c1ccc([N+](=O)[O-])cc1. The van der Waals surface area contributed by atoms with Gasteiger partial charge in [-0.05, 0) is 17.7 Å². The molecule has 0 bridgehead atoms. The molecule has 3 rings (SSSR count). The van der Waals surface area contributed by atoms with Gasteiger partial charge >= 0.3 is 0 Å². The van der Waals surface area contributed by atoms with E-state index < -0.39 is 15.9 Å². The number of nitro groups is 2. The zero-order valence-corrected chi connectivity index (χ0v) is 11.7. The highest BCUT2D eigenvalue weighted by molar-refractivity contribution is 6.02. The Morgan fingerprint density at radius 1 is 0.870 bits per heavy atom. The number of rotatable bonds is 5. The predicted molar refractivity (Wildman–Crippen MR) is 80.2 cm³/mol. The third-order valence-corrected chi connectivity index (χ3v) is 3.69. The lowest BCUT2D eigenvalue weighted by atomic mass is 10.0. The Kier molecular flexibility index (Phi) is 3.59. The van der Waals surface area contributed by atoms with Gasteiger partial charge in [0, 0.05) is 29.8 Å². The molecule has 1 fully saturated rings. The number of nitro benzene ring substituents is 2. The van der Waals surface area contributed by atoms with Gasteiger partial charge in [-0.1, -0.05) is 12.1 Å². The summed E-state index contributed by atoms with van der Waals surface area (Å²) < 4.78 is 0. The van der Waals surface area contributed by atoms with Crippen molar-refractivity contribution in [1.29, 1.82) is 0 Å². The number of nitrogens with one attached hydrogen (secondary N) is 1. The summed E-state index contributed by atoms with van der Waals surface area (Å²) in [5.74, 6) is -0.164. The molecule has 0 aliphatic carbocycles. The first-order valence-corrected chi connectivity index (χ1v) is 6.76. The van der Waals surface area contributed by atoms with Crippen LogP contribution in [0.4, 0.5) is 11.4 Å². The van der Waals surface area contributed by atoms with Crippen molar-refractivity contribution in [1.82, 2.24) is 5.32 Å². The second-order valence-electron chi connectivity index (χ2n) is 5.14. The Hall–Kier alpha value is -3.13. The topological polar surface area (TPSA) is 125 Å². The van der Waals surface area contributed by atoms with E-state index in [9.17, 15) is 25.0 Å². The van der Waals surface area contributed by atoms with Crippen molar-refractivity contribution < 1.29 is 14.6 Å². The number of non-ortho nitro benzene ring substituents is 2. The smallest absolute Gasteiger partial charge is 0.269 e. The van der Waals surface area contributed by atoms with Crippen molar-refractivity contribution in [2.24, 2.45) is 0 Å². The molecule has 8 nitrogen and oxygen atoms in total. The number of Topliss-reactive ketones (excluding diaryl/α,β-unsaturated/α-hetero) is 1. The Balaban J connectivity index is 1.71. The summed E-state index contributed by atoms with van der Waals surface area (Å²) >= 11 is 0. The van der Waals surface area contributed by atoms with Gasteiger partial charge in [-0.2, -0.15) is 0 Å². The summed E-state index contributed by atoms with van der Waals surface area (Å²) in [4.78, 5) is 32.5. The molecule has 116 valence electrons. The molecule has 0 aromatic heterocycles. The molecular formula is C15H11N3O5. The molecule has 1 saturated heterocycles. The third-order valence-electron chi connectivity index (χ3n) is 3.69. The molecule has 0 saturated carbocycles. The van der Waals surface area contributed by atoms with Crippen LogP contribution in [-0.2, 0) is 0 Å². The summed E-state index contributed by atoms with van der Waals surface area (Å²) in [7, 11) is 0. The maximum Gasteiger partial charge on any atom is 0.269 e. The second kappa shape index (κ2) is 5.58. The zero-order valence-electron chi connectivity index (χ0n) is 11.7. The summed E-state index contributed by atoms with van der Waals surface area (Å²) in [5, 5.41) is 24.2. The molecule has 2 aromatic rings.